The van der Waals surface area contributed by atoms with Gasteiger partial charge in [0.2, 0.25) is 15.9 Å². The van der Waals surface area contributed by atoms with Crippen molar-refractivity contribution in [1.29, 1.82) is 0 Å². The highest BCUT2D eigenvalue weighted by molar-refractivity contribution is 7.88. The molecule has 48 heavy (non-hydrogen) atoms. The maximum atomic E-state index is 13.9. The zero-order chi connectivity index (χ0) is 34.3. The first-order valence-corrected chi connectivity index (χ1v) is 17.7. The van der Waals surface area contributed by atoms with Gasteiger partial charge in [-0.1, -0.05) is 54.6 Å². The monoisotopic (exact) mass is 674 g/mol. The number of aryl methyl sites for hydroxylation is 1. The Morgan fingerprint density at radius 1 is 0.979 bits per heavy atom. The number of hydrogen-bond donors (Lipinski definition) is 2. The van der Waals surface area contributed by atoms with Crippen LogP contribution in [0.25, 0.3) is 0 Å². The molecule has 1 saturated heterocycles. The van der Waals surface area contributed by atoms with Gasteiger partial charge in [0.15, 0.2) is 0 Å². The van der Waals surface area contributed by atoms with Crippen LogP contribution in [-0.4, -0.2) is 38.2 Å². The van der Waals surface area contributed by atoms with E-state index in [-0.39, 0.29) is 18.3 Å². The third-order valence-electron chi connectivity index (χ3n) is 8.28. The van der Waals surface area contributed by atoms with E-state index >= 15 is 0 Å². The van der Waals surface area contributed by atoms with Crippen LogP contribution in [-0.2, 0) is 37.4 Å². The van der Waals surface area contributed by atoms with Gasteiger partial charge in [-0.2, -0.15) is 0 Å². The van der Waals surface area contributed by atoms with E-state index in [1.165, 1.54) is 19.1 Å². The molecular weight excluding hydrogens is 635 g/mol. The van der Waals surface area contributed by atoms with Crippen molar-refractivity contribution >= 4 is 27.6 Å². The Morgan fingerprint density at radius 2 is 1.69 bits per heavy atom. The topological polar surface area (TPSA) is 122 Å². The molecule has 0 radical (unpaired) electrons. The van der Waals surface area contributed by atoms with Crippen LogP contribution in [0.5, 0.6) is 11.5 Å². The lowest BCUT2D eigenvalue weighted by molar-refractivity contribution is -0.147. The van der Waals surface area contributed by atoms with Gasteiger partial charge < -0.3 is 19.5 Å². The van der Waals surface area contributed by atoms with Gasteiger partial charge in [-0.05, 0) is 78.8 Å². The van der Waals surface area contributed by atoms with Gasteiger partial charge in [0, 0.05) is 30.8 Å². The minimum Gasteiger partial charge on any atom is -0.508 e. The number of phenols is 1. The van der Waals surface area contributed by atoms with Crippen LogP contribution < -0.4 is 14.4 Å². The van der Waals surface area contributed by atoms with Crippen molar-refractivity contribution in [3.05, 3.63) is 125 Å². The first-order valence-electron chi connectivity index (χ1n) is 15.8. The third kappa shape index (κ3) is 8.99. The number of carbonyl (C=O) groups is 2. The number of phenolic OH excluding ortho intramolecular Hbond substituents is 1. The average Bonchev–Trinajstić information content (AvgIpc) is 3.05. The van der Waals surface area contributed by atoms with E-state index in [2.05, 4.69) is 4.72 Å². The third-order valence-corrected chi connectivity index (χ3v) is 9.01. The number of esters is 1. The Morgan fingerprint density at radius 3 is 2.35 bits per heavy atom. The lowest BCUT2D eigenvalue weighted by Crippen LogP contribution is -2.55. The summed E-state index contributed by atoms with van der Waals surface area (Å²) in [6.07, 6.45) is 2.41. The number of anilines is 1. The van der Waals surface area contributed by atoms with E-state index in [0.717, 1.165) is 22.9 Å². The van der Waals surface area contributed by atoms with E-state index in [1.807, 2.05) is 54.6 Å². The van der Waals surface area contributed by atoms with E-state index in [9.17, 15) is 27.5 Å². The summed E-state index contributed by atoms with van der Waals surface area (Å²) < 4.78 is 50.7. The maximum Gasteiger partial charge on any atom is 0.303 e. The number of amides is 1. The van der Waals surface area contributed by atoms with Crippen LogP contribution in [0.4, 0.5) is 10.1 Å². The fourth-order valence-corrected chi connectivity index (χ4v) is 6.49. The van der Waals surface area contributed by atoms with Gasteiger partial charge in [-0.3, -0.25) is 9.59 Å². The van der Waals surface area contributed by atoms with Gasteiger partial charge in [0.05, 0.1) is 18.2 Å². The van der Waals surface area contributed by atoms with Crippen LogP contribution in [0.3, 0.4) is 0 Å². The smallest absolute Gasteiger partial charge is 0.303 e. The highest BCUT2D eigenvalue weighted by atomic mass is 32.2. The van der Waals surface area contributed by atoms with Crippen molar-refractivity contribution in [3.8, 4) is 11.5 Å². The molecule has 1 unspecified atom stereocenters. The van der Waals surface area contributed by atoms with Gasteiger partial charge in [-0.15, -0.1) is 0 Å². The summed E-state index contributed by atoms with van der Waals surface area (Å²) in [6, 6.07) is 27.4. The fraction of sp³-hybridized carbons (Fsp3) is 0.297. The molecule has 0 aliphatic carbocycles. The SMILES string of the molecule is CC(=O)O[C@H](CCC1C(=O)N(c2ccc(CCCNS(C)(=O)=O)cc2)[C@@H]1c1ccc(O)cc1OCc1ccccc1)c1ccc(F)cc1. The lowest BCUT2D eigenvalue weighted by atomic mass is 9.77. The zero-order valence-corrected chi connectivity index (χ0v) is 27.7. The number of halogens is 1. The summed E-state index contributed by atoms with van der Waals surface area (Å²) in [6.45, 7) is 1.90. The molecule has 1 fully saturated rings. The molecule has 11 heteroatoms. The molecule has 2 N–H and O–H groups in total. The molecule has 252 valence electrons. The number of nitrogens with one attached hydrogen (secondary N) is 1. The van der Waals surface area contributed by atoms with Gasteiger partial charge in [-0.25, -0.2) is 17.5 Å². The van der Waals surface area contributed by atoms with Crippen LogP contribution >= 0.6 is 0 Å². The molecule has 5 rings (SSSR count). The first kappa shape index (κ1) is 34.6. The molecule has 0 aromatic heterocycles. The number of rotatable bonds is 15. The summed E-state index contributed by atoms with van der Waals surface area (Å²) in [5, 5.41) is 10.4. The average molecular weight is 675 g/mol. The summed E-state index contributed by atoms with van der Waals surface area (Å²) in [5.41, 5.74) is 3.96. The molecule has 0 spiro atoms. The second-order valence-electron chi connectivity index (χ2n) is 11.9. The minimum atomic E-state index is -3.26. The predicted molar refractivity (Wildman–Crippen MR) is 180 cm³/mol. The summed E-state index contributed by atoms with van der Waals surface area (Å²) in [7, 11) is -3.26. The van der Waals surface area contributed by atoms with Crippen LogP contribution in [0.1, 0.15) is 60.6 Å². The number of hydrogen-bond acceptors (Lipinski definition) is 7. The van der Waals surface area contributed by atoms with Crippen LogP contribution in [0, 0.1) is 11.7 Å². The maximum absolute atomic E-state index is 13.9. The van der Waals surface area contributed by atoms with Crippen molar-refractivity contribution in [1.82, 2.24) is 4.72 Å². The zero-order valence-electron chi connectivity index (χ0n) is 26.8. The molecule has 3 atom stereocenters. The number of β-lactam (4-membered cyclic amide) rings is 1. The Labute approximate surface area is 280 Å². The van der Waals surface area contributed by atoms with Crippen molar-refractivity contribution in [3.63, 3.8) is 0 Å². The number of nitrogens with zero attached hydrogens (tertiary/aromatic N) is 1. The molecule has 1 aliphatic heterocycles. The summed E-state index contributed by atoms with van der Waals surface area (Å²) in [4.78, 5) is 27.6. The van der Waals surface area contributed by atoms with E-state index in [4.69, 9.17) is 9.47 Å². The molecular formula is C37H39FN2O7S. The van der Waals surface area contributed by atoms with Gasteiger partial charge in [0.1, 0.15) is 30.0 Å². The summed E-state index contributed by atoms with van der Waals surface area (Å²) in [5.74, 6) is -1.04. The molecule has 4 aromatic carbocycles. The Balaban J connectivity index is 1.41. The number of carbonyl (C=O) groups excluding carboxylic acids is 2. The first-order chi connectivity index (χ1) is 23.0. The molecule has 1 amide bonds. The summed E-state index contributed by atoms with van der Waals surface area (Å²) >= 11 is 0. The molecule has 9 nitrogen and oxygen atoms in total. The normalized spacial score (nSPS) is 16.6. The number of ether oxygens (including phenoxy) is 2. The van der Waals surface area contributed by atoms with Crippen molar-refractivity contribution in [2.45, 2.75) is 51.4 Å². The number of aromatic hydroxyl groups is 1. The molecule has 0 bridgehead atoms. The highest BCUT2D eigenvalue weighted by Gasteiger charge is 2.49. The Kier molecular flexibility index (Phi) is 11.1. The van der Waals surface area contributed by atoms with Gasteiger partial charge >= 0.3 is 5.97 Å². The van der Waals surface area contributed by atoms with E-state index in [1.54, 1.807) is 35.2 Å². The second kappa shape index (κ2) is 15.4. The standard InChI is InChI=1S/C37H39FN2O7S/c1-25(41)47-34(28-12-14-29(38)15-13-28)21-20-33-36(32-19-18-31(42)23-35(32)46-24-27-7-4-3-5-8-27)40(37(33)43)30-16-10-26(11-17-30)9-6-22-39-48(2,44)45/h3-5,7-8,10-19,23,33-34,36,39,42H,6,9,20-22,24H2,1-2H3/t33?,34-,36-/m1/s1. The van der Waals surface area contributed by atoms with Crippen molar-refractivity contribution in [2.75, 3.05) is 17.7 Å². The molecule has 4 aromatic rings. The Hall–Kier alpha value is -4.74. The Bertz CT molecular complexity index is 1820. The fourth-order valence-electron chi connectivity index (χ4n) is 5.98. The number of sulfonamides is 1. The largest absolute Gasteiger partial charge is 0.508 e. The molecule has 1 aliphatic rings. The van der Waals surface area contributed by atoms with Crippen molar-refractivity contribution in [2.24, 2.45) is 5.92 Å². The van der Waals surface area contributed by atoms with E-state index < -0.39 is 39.9 Å². The van der Waals surface area contributed by atoms with Crippen LogP contribution in [0.2, 0.25) is 0 Å². The van der Waals surface area contributed by atoms with Crippen LogP contribution in [0.15, 0.2) is 97.1 Å². The highest BCUT2D eigenvalue weighted by Crippen LogP contribution is 2.49. The van der Waals surface area contributed by atoms with E-state index in [0.29, 0.717) is 49.2 Å². The predicted octanol–water partition coefficient (Wildman–Crippen LogP) is 6.38. The molecule has 1 heterocycles. The molecule has 0 saturated carbocycles. The van der Waals surface area contributed by atoms with Crippen molar-refractivity contribution < 1.29 is 37.0 Å². The number of benzene rings is 4. The van der Waals surface area contributed by atoms with Gasteiger partial charge in [0.25, 0.3) is 0 Å². The lowest BCUT2D eigenvalue weighted by Gasteiger charge is -2.48. The second-order valence-corrected chi connectivity index (χ2v) is 13.8. The minimum absolute atomic E-state index is 0.0245. The quantitative estimate of drug-likeness (QED) is 0.0853.